The zero-order valence-corrected chi connectivity index (χ0v) is 12.8. The van der Waals surface area contributed by atoms with Crippen LogP contribution in [0.15, 0.2) is 32.5 Å². The van der Waals surface area contributed by atoms with Crippen molar-refractivity contribution in [2.45, 2.75) is 6.42 Å². The maximum Gasteiger partial charge on any atom is 0.173 e. The molecule has 0 saturated heterocycles. The average molecular weight is 396 g/mol. The summed E-state index contributed by atoms with van der Waals surface area (Å²) < 4.78 is 27.0. The number of benzene rings is 1. The summed E-state index contributed by atoms with van der Waals surface area (Å²) in [4.78, 5) is 12.8. The van der Waals surface area contributed by atoms with Crippen molar-refractivity contribution in [2.24, 2.45) is 0 Å². The van der Waals surface area contributed by atoms with Crippen LogP contribution < -0.4 is 0 Å². The fourth-order valence-electron chi connectivity index (χ4n) is 1.44. The number of thiophene rings is 1. The van der Waals surface area contributed by atoms with E-state index < -0.39 is 11.6 Å². The standard InChI is InChI=1S/C12H6Br2F2OS/c13-6-3-7(18-5-6)4-10(17)8-1-2-9(15)12(16)11(8)14/h1-3,5H,4H2. The average Bonchev–Trinajstić information content (AvgIpc) is 2.71. The maximum absolute atomic E-state index is 13.3. The SMILES string of the molecule is O=C(Cc1cc(Br)cs1)c1ccc(F)c(F)c1Br. The lowest BCUT2D eigenvalue weighted by molar-refractivity contribution is 0.0992. The van der Waals surface area contributed by atoms with E-state index in [-0.39, 0.29) is 22.2 Å². The third-order valence-corrected chi connectivity index (χ3v) is 4.77. The summed E-state index contributed by atoms with van der Waals surface area (Å²) in [6.07, 6.45) is 0.167. The third kappa shape index (κ3) is 2.87. The molecule has 0 radical (unpaired) electrons. The minimum Gasteiger partial charge on any atom is -0.294 e. The van der Waals surface area contributed by atoms with Gasteiger partial charge < -0.3 is 0 Å². The number of halogens is 4. The van der Waals surface area contributed by atoms with E-state index in [9.17, 15) is 13.6 Å². The van der Waals surface area contributed by atoms with Crippen LogP contribution in [0.3, 0.4) is 0 Å². The van der Waals surface area contributed by atoms with Crippen molar-refractivity contribution < 1.29 is 13.6 Å². The van der Waals surface area contributed by atoms with Gasteiger partial charge in [-0.1, -0.05) is 0 Å². The van der Waals surface area contributed by atoms with Gasteiger partial charge in [-0.2, -0.15) is 0 Å². The molecule has 0 spiro atoms. The predicted octanol–water partition coefficient (Wildman–Crippen LogP) is 4.98. The van der Waals surface area contributed by atoms with Crippen LogP contribution in [0.1, 0.15) is 15.2 Å². The van der Waals surface area contributed by atoms with Crippen LogP contribution in [0.2, 0.25) is 0 Å². The second-order valence-electron chi connectivity index (χ2n) is 3.55. The Hall–Kier alpha value is -0.590. The number of hydrogen-bond donors (Lipinski definition) is 0. The van der Waals surface area contributed by atoms with Gasteiger partial charge in [0.2, 0.25) is 0 Å². The molecule has 1 nitrogen and oxygen atoms in total. The lowest BCUT2D eigenvalue weighted by Crippen LogP contribution is -2.05. The Labute approximate surface area is 123 Å². The monoisotopic (exact) mass is 394 g/mol. The molecule has 1 aromatic carbocycles. The van der Waals surface area contributed by atoms with Gasteiger partial charge in [-0.3, -0.25) is 4.79 Å². The molecular weight excluding hydrogens is 390 g/mol. The predicted molar refractivity (Wildman–Crippen MR) is 74.1 cm³/mol. The molecule has 0 bridgehead atoms. The molecule has 0 amide bonds. The van der Waals surface area contributed by atoms with E-state index in [0.717, 1.165) is 15.4 Å². The summed E-state index contributed by atoms with van der Waals surface area (Å²) in [5.41, 5.74) is 0.151. The maximum atomic E-state index is 13.3. The Balaban J connectivity index is 2.27. The Bertz CT molecular complexity index is 610. The quantitative estimate of drug-likeness (QED) is 0.529. The first-order valence-electron chi connectivity index (χ1n) is 4.88. The van der Waals surface area contributed by atoms with E-state index >= 15 is 0 Å². The van der Waals surface area contributed by atoms with E-state index in [1.165, 1.54) is 17.4 Å². The molecule has 1 aromatic heterocycles. The van der Waals surface area contributed by atoms with Crippen LogP contribution in [-0.2, 0) is 6.42 Å². The Morgan fingerprint density at radius 3 is 2.61 bits per heavy atom. The largest absolute Gasteiger partial charge is 0.294 e. The van der Waals surface area contributed by atoms with Crippen molar-refractivity contribution in [1.29, 1.82) is 0 Å². The molecule has 0 fully saturated rings. The van der Waals surface area contributed by atoms with E-state index in [1.54, 1.807) is 0 Å². The van der Waals surface area contributed by atoms with Crippen LogP contribution in [0.4, 0.5) is 8.78 Å². The van der Waals surface area contributed by atoms with Gasteiger partial charge >= 0.3 is 0 Å². The highest BCUT2D eigenvalue weighted by Gasteiger charge is 2.17. The highest BCUT2D eigenvalue weighted by Crippen LogP contribution is 2.26. The fourth-order valence-corrected chi connectivity index (χ4v) is 3.43. The highest BCUT2D eigenvalue weighted by atomic mass is 79.9. The normalized spacial score (nSPS) is 10.7. The topological polar surface area (TPSA) is 17.1 Å². The van der Waals surface area contributed by atoms with Gasteiger partial charge in [0.1, 0.15) is 0 Å². The summed E-state index contributed by atoms with van der Waals surface area (Å²) in [5, 5.41) is 1.86. The van der Waals surface area contributed by atoms with E-state index in [2.05, 4.69) is 31.9 Å². The Morgan fingerprint density at radius 2 is 2.00 bits per heavy atom. The Kier molecular flexibility index (Phi) is 4.29. The minimum absolute atomic E-state index is 0.122. The van der Waals surface area contributed by atoms with Crippen molar-refractivity contribution >= 4 is 49.0 Å². The molecule has 2 rings (SSSR count). The number of carbonyl (C=O) groups is 1. The Morgan fingerprint density at radius 1 is 1.28 bits per heavy atom. The van der Waals surface area contributed by atoms with Gasteiger partial charge in [0.25, 0.3) is 0 Å². The minimum atomic E-state index is -1.03. The molecule has 94 valence electrons. The smallest absolute Gasteiger partial charge is 0.173 e. The first-order valence-corrected chi connectivity index (χ1v) is 7.35. The van der Waals surface area contributed by atoms with Crippen LogP contribution in [0.25, 0.3) is 0 Å². The molecular formula is C12H6Br2F2OS. The summed E-state index contributed by atoms with van der Waals surface area (Å²) in [7, 11) is 0. The number of hydrogen-bond acceptors (Lipinski definition) is 2. The first-order chi connectivity index (χ1) is 8.49. The summed E-state index contributed by atoms with van der Waals surface area (Å²) >= 11 is 7.64. The number of rotatable bonds is 3. The zero-order chi connectivity index (χ0) is 13.3. The number of carbonyl (C=O) groups excluding carboxylic acids is 1. The van der Waals surface area contributed by atoms with Gasteiger partial charge in [-0.15, -0.1) is 11.3 Å². The van der Waals surface area contributed by atoms with E-state index in [0.29, 0.717) is 0 Å². The van der Waals surface area contributed by atoms with Crippen molar-refractivity contribution in [3.05, 3.63) is 54.6 Å². The lowest BCUT2D eigenvalue weighted by atomic mass is 10.1. The van der Waals surface area contributed by atoms with E-state index in [4.69, 9.17) is 0 Å². The summed E-state index contributed by atoms with van der Waals surface area (Å²) in [6.45, 7) is 0. The van der Waals surface area contributed by atoms with Gasteiger partial charge in [0.15, 0.2) is 17.4 Å². The van der Waals surface area contributed by atoms with Gasteiger partial charge in [-0.25, -0.2) is 8.78 Å². The van der Waals surface area contributed by atoms with Crippen LogP contribution in [0.5, 0.6) is 0 Å². The second kappa shape index (κ2) is 5.59. The molecule has 2 aromatic rings. The van der Waals surface area contributed by atoms with Crippen molar-refractivity contribution in [2.75, 3.05) is 0 Å². The molecule has 0 aliphatic carbocycles. The lowest BCUT2D eigenvalue weighted by Gasteiger charge is -2.04. The van der Waals surface area contributed by atoms with Crippen LogP contribution in [0, 0.1) is 11.6 Å². The van der Waals surface area contributed by atoms with Crippen LogP contribution in [-0.4, -0.2) is 5.78 Å². The molecule has 0 aliphatic rings. The van der Waals surface area contributed by atoms with Crippen LogP contribution >= 0.6 is 43.2 Å². The molecule has 0 unspecified atom stereocenters. The fraction of sp³-hybridized carbons (Fsp3) is 0.0833. The van der Waals surface area contributed by atoms with E-state index in [1.807, 2.05) is 11.4 Å². The second-order valence-corrected chi connectivity index (χ2v) is 6.26. The molecule has 0 aliphatic heterocycles. The molecule has 0 atom stereocenters. The van der Waals surface area contributed by atoms with Crippen molar-refractivity contribution in [3.8, 4) is 0 Å². The molecule has 0 N–H and O–H groups in total. The third-order valence-electron chi connectivity index (χ3n) is 2.29. The van der Waals surface area contributed by atoms with Gasteiger partial charge in [0, 0.05) is 26.7 Å². The van der Waals surface area contributed by atoms with Gasteiger partial charge in [0.05, 0.1) is 4.47 Å². The molecule has 18 heavy (non-hydrogen) atoms. The number of Topliss-reactive ketones (excluding diaryl/α,β-unsaturated/α-hetero) is 1. The zero-order valence-electron chi connectivity index (χ0n) is 8.84. The van der Waals surface area contributed by atoms with Crippen molar-refractivity contribution in [1.82, 2.24) is 0 Å². The molecule has 1 heterocycles. The van der Waals surface area contributed by atoms with Gasteiger partial charge in [-0.05, 0) is 50.1 Å². The summed E-state index contributed by atoms with van der Waals surface area (Å²) in [5.74, 6) is -2.26. The first kappa shape index (κ1) is 13.8. The highest BCUT2D eigenvalue weighted by molar-refractivity contribution is 9.10. The summed E-state index contributed by atoms with van der Waals surface area (Å²) in [6, 6.07) is 4.07. The number of ketones is 1. The molecule has 0 saturated carbocycles. The molecule has 6 heteroatoms. The van der Waals surface area contributed by atoms with Crippen molar-refractivity contribution in [3.63, 3.8) is 0 Å².